The molecule has 0 saturated heterocycles. The van der Waals surface area contributed by atoms with E-state index in [2.05, 4.69) is 31.4 Å². The van der Waals surface area contributed by atoms with Crippen molar-refractivity contribution in [1.82, 2.24) is 9.55 Å². The van der Waals surface area contributed by atoms with Gasteiger partial charge < -0.3 is 10.3 Å². The molecule has 1 unspecified atom stereocenters. The molecule has 21 heavy (non-hydrogen) atoms. The van der Waals surface area contributed by atoms with Crippen LogP contribution in [0.2, 0.25) is 0 Å². The van der Waals surface area contributed by atoms with E-state index in [-0.39, 0.29) is 0 Å². The summed E-state index contributed by atoms with van der Waals surface area (Å²) in [5.74, 6) is 1.21. The van der Waals surface area contributed by atoms with Crippen LogP contribution >= 0.6 is 0 Å². The normalized spacial score (nSPS) is 12.9. The number of unbranched alkanes of at least 4 members (excludes halogenated alkanes) is 3. The summed E-state index contributed by atoms with van der Waals surface area (Å²) in [7, 11) is 0. The molecule has 116 valence electrons. The Kier molecular flexibility index (Phi) is 5.66. The molecule has 0 aliphatic carbocycles. The fourth-order valence-corrected chi connectivity index (χ4v) is 3.05. The third-order valence-electron chi connectivity index (χ3n) is 4.18. The van der Waals surface area contributed by atoms with Crippen molar-refractivity contribution in [2.75, 3.05) is 5.73 Å². The Bertz CT molecular complexity index is 571. The monoisotopic (exact) mass is 287 g/mol. The molecule has 0 aliphatic rings. The molecule has 0 bridgehead atoms. The first-order valence-corrected chi connectivity index (χ1v) is 8.43. The summed E-state index contributed by atoms with van der Waals surface area (Å²) in [5, 5.41) is 0. The number of nitrogen functional groups attached to an aromatic ring is 1. The van der Waals surface area contributed by atoms with Gasteiger partial charge in [0.25, 0.3) is 0 Å². The third kappa shape index (κ3) is 3.78. The number of nitrogens with zero attached hydrogens (tertiary/aromatic N) is 2. The van der Waals surface area contributed by atoms with Crippen molar-refractivity contribution < 1.29 is 0 Å². The SMILES string of the molecule is CCCCCCC(C)n1c(CCC)nc2cc(N)ccc21. The first-order valence-electron chi connectivity index (χ1n) is 8.43. The van der Waals surface area contributed by atoms with E-state index in [4.69, 9.17) is 10.7 Å². The Labute approximate surface area is 128 Å². The second kappa shape index (κ2) is 7.48. The minimum absolute atomic E-state index is 0.511. The second-order valence-corrected chi connectivity index (χ2v) is 6.09. The van der Waals surface area contributed by atoms with Gasteiger partial charge in [-0.1, -0.05) is 39.5 Å². The summed E-state index contributed by atoms with van der Waals surface area (Å²) in [6, 6.07) is 6.62. The summed E-state index contributed by atoms with van der Waals surface area (Å²) in [5.41, 5.74) is 8.97. The van der Waals surface area contributed by atoms with Crippen molar-refractivity contribution in [3.05, 3.63) is 24.0 Å². The Morgan fingerprint density at radius 3 is 2.67 bits per heavy atom. The molecule has 3 heteroatoms. The number of benzene rings is 1. The van der Waals surface area contributed by atoms with Crippen molar-refractivity contribution in [3.8, 4) is 0 Å². The van der Waals surface area contributed by atoms with E-state index >= 15 is 0 Å². The molecule has 0 fully saturated rings. The predicted molar refractivity (Wildman–Crippen MR) is 91.6 cm³/mol. The maximum Gasteiger partial charge on any atom is 0.110 e. The van der Waals surface area contributed by atoms with E-state index in [0.29, 0.717) is 6.04 Å². The van der Waals surface area contributed by atoms with Crippen LogP contribution in [0, 0.1) is 0 Å². The molecule has 0 radical (unpaired) electrons. The Morgan fingerprint density at radius 2 is 1.95 bits per heavy atom. The van der Waals surface area contributed by atoms with Crippen LogP contribution in [0.3, 0.4) is 0 Å². The van der Waals surface area contributed by atoms with Crippen LogP contribution in [0.1, 0.15) is 71.2 Å². The first kappa shape index (κ1) is 15.9. The van der Waals surface area contributed by atoms with E-state index in [1.54, 1.807) is 0 Å². The number of hydrogen-bond donors (Lipinski definition) is 1. The molecule has 0 amide bonds. The van der Waals surface area contributed by atoms with Gasteiger partial charge in [0, 0.05) is 18.2 Å². The topological polar surface area (TPSA) is 43.8 Å². The van der Waals surface area contributed by atoms with Crippen LogP contribution in [0.5, 0.6) is 0 Å². The van der Waals surface area contributed by atoms with Crippen molar-refractivity contribution in [1.29, 1.82) is 0 Å². The highest BCUT2D eigenvalue weighted by Crippen LogP contribution is 2.26. The van der Waals surface area contributed by atoms with Gasteiger partial charge in [-0.25, -0.2) is 4.98 Å². The van der Waals surface area contributed by atoms with Crippen LogP contribution in [-0.2, 0) is 6.42 Å². The minimum atomic E-state index is 0.511. The number of imidazole rings is 1. The van der Waals surface area contributed by atoms with Gasteiger partial charge >= 0.3 is 0 Å². The molecule has 2 rings (SSSR count). The van der Waals surface area contributed by atoms with Gasteiger partial charge in [0.2, 0.25) is 0 Å². The molecule has 0 spiro atoms. The highest BCUT2D eigenvalue weighted by molar-refractivity contribution is 5.79. The van der Waals surface area contributed by atoms with Gasteiger partial charge in [-0.3, -0.25) is 0 Å². The smallest absolute Gasteiger partial charge is 0.110 e. The zero-order valence-electron chi connectivity index (χ0n) is 13.7. The molecule has 2 aromatic rings. The molecule has 1 atom stereocenters. The van der Waals surface area contributed by atoms with E-state index in [1.165, 1.54) is 43.4 Å². The third-order valence-corrected chi connectivity index (χ3v) is 4.18. The molecule has 1 heterocycles. The molecular weight excluding hydrogens is 258 g/mol. The lowest BCUT2D eigenvalue weighted by atomic mass is 10.1. The van der Waals surface area contributed by atoms with Crippen molar-refractivity contribution >= 4 is 16.7 Å². The van der Waals surface area contributed by atoms with Crippen LogP contribution in [0.4, 0.5) is 5.69 Å². The average molecular weight is 287 g/mol. The van der Waals surface area contributed by atoms with E-state index in [0.717, 1.165) is 24.0 Å². The van der Waals surface area contributed by atoms with Gasteiger partial charge in [-0.15, -0.1) is 0 Å². The summed E-state index contributed by atoms with van der Waals surface area (Å²) in [6.45, 7) is 6.79. The van der Waals surface area contributed by atoms with Crippen molar-refractivity contribution in [3.63, 3.8) is 0 Å². The minimum Gasteiger partial charge on any atom is -0.399 e. The lowest BCUT2D eigenvalue weighted by Gasteiger charge is -2.17. The Balaban J connectivity index is 2.24. The lowest BCUT2D eigenvalue weighted by molar-refractivity contribution is 0.467. The quantitative estimate of drug-likeness (QED) is 0.542. The molecule has 0 saturated carbocycles. The number of rotatable bonds is 8. The summed E-state index contributed by atoms with van der Waals surface area (Å²) >= 11 is 0. The largest absolute Gasteiger partial charge is 0.399 e. The van der Waals surface area contributed by atoms with Gasteiger partial charge in [0.05, 0.1) is 11.0 Å². The summed E-state index contributed by atoms with van der Waals surface area (Å²) in [6.07, 6.45) is 8.67. The second-order valence-electron chi connectivity index (χ2n) is 6.09. The first-order chi connectivity index (χ1) is 10.2. The molecule has 3 nitrogen and oxygen atoms in total. The predicted octanol–water partition coefficient (Wildman–Crippen LogP) is 5.10. The Morgan fingerprint density at radius 1 is 1.14 bits per heavy atom. The fraction of sp³-hybridized carbons (Fsp3) is 0.611. The van der Waals surface area contributed by atoms with Gasteiger partial charge in [-0.05, 0) is 38.0 Å². The van der Waals surface area contributed by atoms with Crippen molar-refractivity contribution in [2.45, 2.75) is 71.8 Å². The van der Waals surface area contributed by atoms with Crippen LogP contribution in [0.15, 0.2) is 18.2 Å². The molecule has 2 N–H and O–H groups in total. The molecular formula is C18H29N3. The van der Waals surface area contributed by atoms with E-state index in [9.17, 15) is 0 Å². The maximum atomic E-state index is 5.90. The number of aryl methyl sites for hydroxylation is 1. The van der Waals surface area contributed by atoms with Crippen LogP contribution in [-0.4, -0.2) is 9.55 Å². The fourth-order valence-electron chi connectivity index (χ4n) is 3.05. The highest BCUT2D eigenvalue weighted by Gasteiger charge is 2.15. The number of anilines is 1. The summed E-state index contributed by atoms with van der Waals surface area (Å²) in [4.78, 5) is 4.81. The number of hydrogen-bond acceptors (Lipinski definition) is 2. The van der Waals surface area contributed by atoms with E-state index in [1.807, 2.05) is 12.1 Å². The Hall–Kier alpha value is -1.51. The zero-order valence-corrected chi connectivity index (χ0v) is 13.7. The van der Waals surface area contributed by atoms with Crippen LogP contribution < -0.4 is 5.73 Å². The molecule has 1 aromatic carbocycles. The zero-order chi connectivity index (χ0) is 15.2. The lowest BCUT2D eigenvalue weighted by Crippen LogP contribution is -2.09. The van der Waals surface area contributed by atoms with Gasteiger partial charge in [0.1, 0.15) is 5.82 Å². The molecule has 1 aromatic heterocycles. The average Bonchev–Trinajstić information content (AvgIpc) is 2.81. The van der Waals surface area contributed by atoms with Crippen LogP contribution in [0.25, 0.3) is 11.0 Å². The number of nitrogens with two attached hydrogens (primary N) is 1. The van der Waals surface area contributed by atoms with Crippen molar-refractivity contribution in [2.24, 2.45) is 0 Å². The standard InChI is InChI=1S/C18H29N3/c1-4-6-7-8-10-14(3)21-17-12-11-15(19)13-16(17)20-18(21)9-5-2/h11-14H,4-10,19H2,1-3H3. The van der Waals surface area contributed by atoms with E-state index < -0.39 is 0 Å². The number of aromatic nitrogens is 2. The van der Waals surface area contributed by atoms with Gasteiger partial charge in [0.15, 0.2) is 0 Å². The molecule has 0 aliphatic heterocycles. The van der Waals surface area contributed by atoms with Gasteiger partial charge in [-0.2, -0.15) is 0 Å². The number of fused-ring (bicyclic) bond motifs is 1. The summed E-state index contributed by atoms with van der Waals surface area (Å²) < 4.78 is 2.43. The maximum absolute atomic E-state index is 5.90. The highest BCUT2D eigenvalue weighted by atomic mass is 15.1.